The molecule has 0 radical (unpaired) electrons. The monoisotopic (exact) mass is 349 g/mol. The number of hydrogen-bond acceptors (Lipinski definition) is 4. The molecular weight excluding hydrogens is 334 g/mol. The highest BCUT2D eigenvalue weighted by atomic mass is 35.5. The maximum absolute atomic E-state index is 11.8. The second-order valence-corrected chi connectivity index (χ2v) is 6.24. The molecule has 23 heavy (non-hydrogen) atoms. The maximum Gasteiger partial charge on any atom is 0.243 e. The molecule has 0 saturated carbocycles. The number of anilines is 1. The van der Waals surface area contributed by atoms with Crippen molar-refractivity contribution in [3.05, 3.63) is 53.3 Å². The van der Waals surface area contributed by atoms with Gasteiger partial charge in [0.25, 0.3) is 0 Å². The van der Waals surface area contributed by atoms with Gasteiger partial charge in [-0.05, 0) is 36.8 Å². The van der Waals surface area contributed by atoms with Crippen molar-refractivity contribution in [2.75, 3.05) is 17.6 Å². The average molecular weight is 350 g/mol. The van der Waals surface area contributed by atoms with Gasteiger partial charge in [0.15, 0.2) is 0 Å². The van der Waals surface area contributed by atoms with Gasteiger partial charge < -0.3 is 10.6 Å². The average Bonchev–Trinajstić information content (AvgIpc) is 2.54. The fourth-order valence-corrected chi connectivity index (χ4v) is 2.73. The highest BCUT2D eigenvalue weighted by molar-refractivity contribution is 8.00. The summed E-state index contributed by atoms with van der Waals surface area (Å²) in [6.45, 7) is 1.82. The van der Waals surface area contributed by atoms with Crippen molar-refractivity contribution in [1.29, 1.82) is 0 Å². The molecule has 0 atom stereocenters. The van der Waals surface area contributed by atoms with Gasteiger partial charge in [-0.15, -0.1) is 11.8 Å². The minimum Gasteiger partial charge on any atom is -0.346 e. The van der Waals surface area contributed by atoms with E-state index in [4.69, 9.17) is 11.6 Å². The molecule has 1 heterocycles. The van der Waals surface area contributed by atoms with Crippen LogP contribution in [0.5, 0.6) is 0 Å². The summed E-state index contributed by atoms with van der Waals surface area (Å²) in [4.78, 5) is 28.4. The Morgan fingerprint density at radius 2 is 1.91 bits per heavy atom. The van der Waals surface area contributed by atoms with Crippen LogP contribution in [0.15, 0.2) is 47.6 Å². The summed E-state index contributed by atoms with van der Waals surface area (Å²) in [5, 5.41) is 5.71. The molecule has 1 aromatic heterocycles. The van der Waals surface area contributed by atoms with Crippen molar-refractivity contribution in [1.82, 2.24) is 10.3 Å². The lowest BCUT2D eigenvalue weighted by molar-refractivity contribution is -0.122. The summed E-state index contributed by atoms with van der Waals surface area (Å²) in [6, 6.07) is 9.00. The quantitative estimate of drug-likeness (QED) is 0.787. The highest BCUT2D eigenvalue weighted by Crippen LogP contribution is 2.22. The zero-order chi connectivity index (χ0) is 16.7. The van der Waals surface area contributed by atoms with Gasteiger partial charge in [0.05, 0.1) is 23.0 Å². The molecular formula is C16H16ClN3O2S. The van der Waals surface area contributed by atoms with E-state index in [0.717, 1.165) is 10.5 Å². The minimum atomic E-state index is -0.321. The number of thioether (sulfide) groups is 1. The molecule has 2 N–H and O–H groups in total. The fourth-order valence-electron chi connectivity index (χ4n) is 1.73. The first-order chi connectivity index (χ1) is 11.0. The Morgan fingerprint density at radius 1 is 1.17 bits per heavy atom. The predicted molar refractivity (Wildman–Crippen MR) is 92.8 cm³/mol. The molecule has 0 spiro atoms. The van der Waals surface area contributed by atoms with Crippen LogP contribution in [0.2, 0.25) is 5.02 Å². The minimum absolute atomic E-state index is 0.0973. The summed E-state index contributed by atoms with van der Waals surface area (Å²) in [6.07, 6.45) is 3.33. The molecule has 0 saturated heterocycles. The fraction of sp³-hybridized carbons (Fsp3) is 0.188. The number of aromatic nitrogens is 1. The Labute approximate surface area is 143 Å². The van der Waals surface area contributed by atoms with Gasteiger partial charge in [0.1, 0.15) is 0 Å². The van der Waals surface area contributed by atoms with E-state index in [1.807, 2.05) is 25.1 Å². The Balaban J connectivity index is 1.74. The standard InChI is InChI=1S/C16H16ClN3O2S/c1-11-2-3-14(13(17)8-11)20-15(21)9-19-16(22)10-23-12-4-6-18-7-5-12/h2-8H,9-10H2,1H3,(H,19,22)(H,20,21). The van der Waals surface area contributed by atoms with Gasteiger partial charge in [-0.3, -0.25) is 14.6 Å². The van der Waals surface area contributed by atoms with Crippen LogP contribution in [0.4, 0.5) is 5.69 Å². The highest BCUT2D eigenvalue weighted by Gasteiger charge is 2.08. The first-order valence-corrected chi connectivity index (χ1v) is 8.26. The van der Waals surface area contributed by atoms with E-state index in [9.17, 15) is 9.59 Å². The van der Waals surface area contributed by atoms with Crippen LogP contribution in [-0.4, -0.2) is 29.1 Å². The van der Waals surface area contributed by atoms with Crippen molar-refractivity contribution in [2.24, 2.45) is 0 Å². The molecule has 5 nitrogen and oxygen atoms in total. The molecule has 0 aliphatic rings. The lowest BCUT2D eigenvalue weighted by Gasteiger charge is -2.09. The molecule has 0 fully saturated rings. The number of pyridine rings is 1. The molecule has 0 bridgehead atoms. The summed E-state index contributed by atoms with van der Waals surface area (Å²) in [7, 11) is 0. The number of nitrogens with one attached hydrogen (secondary N) is 2. The zero-order valence-corrected chi connectivity index (χ0v) is 14.1. The normalized spacial score (nSPS) is 10.2. The molecule has 120 valence electrons. The number of carbonyl (C=O) groups is 2. The zero-order valence-electron chi connectivity index (χ0n) is 12.5. The first kappa shape index (κ1) is 17.3. The van der Waals surface area contributed by atoms with Gasteiger partial charge in [-0.25, -0.2) is 0 Å². The predicted octanol–water partition coefficient (Wildman–Crippen LogP) is 2.89. The van der Waals surface area contributed by atoms with Crippen LogP contribution in [-0.2, 0) is 9.59 Å². The Bertz CT molecular complexity index is 695. The summed E-state index contributed by atoms with van der Waals surface area (Å²) in [5.41, 5.74) is 1.54. The molecule has 0 aliphatic carbocycles. The lowest BCUT2D eigenvalue weighted by atomic mass is 10.2. The lowest BCUT2D eigenvalue weighted by Crippen LogP contribution is -2.33. The van der Waals surface area contributed by atoms with Crippen molar-refractivity contribution in [2.45, 2.75) is 11.8 Å². The van der Waals surface area contributed by atoms with Crippen LogP contribution in [0.25, 0.3) is 0 Å². The summed E-state index contributed by atoms with van der Waals surface area (Å²) in [5.74, 6) is -0.294. The largest absolute Gasteiger partial charge is 0.346 e. The summed E-state index contributed by atoms with van der Waals surface area (Å²) >= 11 is 7.43. The van der Waals surface area contributed by atoms with Crippen LogP contribution in [0.1, 0.15) is 5.56 Å². The number of amides is 2. The third-order valence-corrected chi connectivity index (χ3v) is 4.19. The van der Waals surface area contributed by atoms with Crippen molar-refractivity contribution < 1.29 is 9.59 Å². The number of halogens is 1. The number of nitrogens with zero attached hydrogens (tertiary/aromatic N) is 1. The van der Waals surface area contributed by atoms with Gasteiger partial charge in [0, 0.05) is 17.3 Å². The number of rotatable bonds is 6. The topological polar surface area (TPSA) is 71.1 Å². The van der Waals surface area contributed by atoms with Crippen LogP contribution < -0.4 is 10.6 Å². The van der Waals surface area contributed by atoms with Crippen LogP contribution >= 0.6 is 23.4 Å². The molecule has 2 aromatic rings. The number of benzene rings is 1. The maximum atomic E-state index is 11.8. The van der Waals surface area contributed by atoms with Crippen molar-refractivity contribution >= 4 is 40.9 Å². The van der Waals surface area contributed by atoms with Gasteiger partial charge in [-0.1, -0.05) is 17.7 Å². The number of aryl methyl sites for hydroxylation is 1. The Morgan fingerprint density at radius 3 is 2.61 bits per heavy atom. The van der Waals surface area contributed by atoms with E-state index in [2.05, 4.69) is 15.6 Å². The summed E-state index contributed by atoms with van der Waals surface area (Å²) < 4.78 is 0. The number of carbonyl (C=O) groups excluding carboxylic acids is 2. The third kappa shape index (κ3) is 5.92. The SMILES string of the molecule is Cc1ccc(NC(=O)CNC(=O)CSc2ccncc2)c(Cl)c1. The van der Waals surface area contributed by atoms with Gasteiger partial charge >= 0.3 is 0 Å². The third-order valence-electron chi connectivity index (χ3n) is 2.86. The molecule has 1 aromatic carbocycles. The molecule has 0 unspecified atom stereocenters. The second-order valence-electron chi connectivity index (χ2n) is 4.78. The molecule has 7 heteroatoms. The van der Waals surface area contributed by atoms with E-state index >= 15 is 0 Å². The number of hydrogen-bond donors (Lipinski definition) is 2. The van der Waals surface area contributed by atoms with E-state index < -0.39 is 0 Å². The van der Waals surface area contributed by atoms with E-state index in [-0.39, 0.29) is 24.1 Å². The second kappa shape index (κ2) is 8.55. The van der Waals surface area contributed by atoms with Gasteiger partial charge in [0.2, 0.25) is 11.8 Å². The van der Waals surface area contributed by atoms with Crippen molar-refractivity contribution in [3.8, 4) is 0 Å². The van der Waals surface area contributed by atoms with E-state index in [0.29, 0.717) is 10.7 Å². The molecule has 2 rings (SSSR count). The smallest absolute Gasteiger partial charge is 0.243 e. The van der Waals surface area contributed by atoms with Gasteiger partial charge in [-0.2, -0.15) is 0 Å². The Hall–Kier alpha value is -2.05. The first-order valence-electron chi connectivity index (χ1n) is 6.90. The molecule has 0 aliphatic heterocycles. The molecule has 2 amide bonds. The van der Waals surface area contributed by atoms with Crippen LogP contribution in [0.3, 0.4) is 0 Å². The van der Waals surface area contributed by atoms with E-state index in [1.54, 1.807) is 24.5 Å². The Kier molecular flexibility index (Phi) is 6.43. The van der Waals surface area contributed by atoms with Crippen molar-refractivity contribution in [3.63, 3.8) is 0 Å². The van der Waals surface area contributed by atoms with E-state index in [1.165, 1.54) is 11.8 Å². The van der Waals surface area contributed by atoms with Crippen LogP contribution in [0, 0.1) is 6.92 Å².